The van der Waals surface area contributed by atoms with Crippen LogP contribution in [-0.4, -0.2) is 33.7 Å². The SMILES string of the molecule is COc1ccc(Br)cc1[C@H]1C(C(=O)OC(C)C)=C(C)N=c2s/c(=C\c3ccc(Sc4nccc(C)n4)o3)c(=O)n21. The molecule has 40 heavy (non-hydrogen) atoms. The molecule has 1 atom stereocenters. The van der Waals surface area contributed by atoms with Crippen molar-refractivity contribution < 1.29 is 18.7 Å². The average molecular weight is 642 g/mol. The second-order valence-corrected chi connectivity index (χ2v) is 12.1. The lowest BCUT2D eigenvalue weighted by Gasteiger charge is -2.26. The summed E-state index contributed by atoms with van der Waals surface area (Å²) >= 11 is 6.03. The van der Waals surface area contributed by atoms with Crippen molar-refractivity contribution in [1.82, 2.24) is 14.5 Å². The summed E-state index contributed by atoms with van der Waals surface area (Å²) in [6.07, 6.45) is 3.02. The van der Waals surface area contributed by atoms with Gasteiger partial charge in [-0.25, -0.2) is 19.8 Å². The Hall–Kier alpha value is -3.48. The Morgan fingerprint density at radius 2 is 2.02 bits per heavy atom. The summed E-state index contributed by atoms with van der Waals surface area (Å²) in [5, 5.41) is 1.16. The third-order valence-electron chi connectivity index (χ3n) is 5.91. The maximum atomic E-state index is 13.9. The number of allylic oxidation sites excluding steroid dienone is 1. The fraction of sp³-hybridized carbons (Fsp3) is 0.250. The van der Waals surface area contributed by atoms with Crippen LogP contribution in [0.15, 0.2) is 82.8 Å². The predicted molar refractivity (Wildman–Crippen MR) is 155 cm³/mol. The van der Waals surface area contributed by atoms with Gasteiger partial charge in [-0.3, -0.25) is 9.36 Å². The second kappa shape index (κ2) is 11.6. The van der Waals surface area contributed by atoms with Crippen molar-refractivity contribution in [3.8, 4) is 5.75 Å². The van der Waals surface area contributed by atoms with E-state index in [4.69, 9.17) is 13.9 Å². The van der Waals surface area contributed by atoms with E-state index in [2.05, 4.69) is 30.9 Å². The Labute approximate surface area is 246 Å². The second-order valence-electron chi connectivity index (χ2n) is 9.16. The third-order valence-corrected chi connectivity index (χ3v) is 8.19. The van der Waals surface area contributed by atoms with Crippen LogP contribution in [0.2, 0.25) is 0 Å². The number of thiazole rings is 1. The molecule has 9 nitrogen and oxygen atoms in total. The molecule has 206 valence electrons. The van der Waals surface area contributed by atoms with Gasteiger partial charge in [-0.2, -0.15) is 0 Å². The van der Waals surface area contributed by atoms with Gasteiger partial charge in [0.15, 0.2) is 15.1 Å². The Kier molecular flexibility index (Phi) is 8.11. The van der Waals surface area contributed by atoms with Gasteiger partial charge in [0.05, 0.1) is 29.0 Å². The molecular weight excluding hydrogens is 616 g/mol. The minimum absolute atomic E-state index is 0.277. The standard InChI is InChI=1S/C28H25BrN4O5S2/c1-14(2)37-26(35)23-16(4)32-28-33(24(23)19-12-17(29)6-8-20(19)36-5)25(34)21(39-28)13-18-7-9-22(38-18)40-27-30-11-10-15(3)31-27/h6-14,24H,1-5H3/b21-13-/t24-/m0/s1. The Balaban J connectivity index is 1.62. The number of rotatable bonds is 7. The zero-order chi connectivity index (χ0) is 28.6. The highest BCUT2D eigenvalue weighted by Gasteiger charge is 2.35. The lowest BCUT2D eigenvalue weighted by molar-refractivity contribution is -0.143. The maximum absolute atomic E-state index is 13.9. The smallest absolute Gasteiger partial charge is 0.338 e. The number of carbonyl (C=O) groups is 1. The van der Waals surface area contributed by atoms with Crippen LogP contribution in [0.1, 0.15) is 43.8 Å². The first-order chi connectivity index (χ1) is 19.1. The molecule has 4 aromatic rings. The molecule has 0 radical (unpaired) electrons. The molecule has 0 saturated carbocycles. The van der Waals surface area contributed by atoms with E-state index in [1.165, 1.54) is 27.7 Å². The summed E-state index contributed by atoms with van der Waals surface area (Å²) in [6.45, 7) is 7.19. The van der Waals surface area contributed by atoms with Crippen molar-refractivity contribution in [2.45, 2.75) is 50.1 Å². The van der Waals surface area contributed by atoms with E-state index in [0.717, 1.165) is 10.2 Å². The van der Waals surface area contributed by atoms with Crippen molar-refractivity contribution in [1.29, 1.82) is 0 Å². The number of benzene rings is 1. The fourth-order valence-corrected chi connectivity index (χ4v) is 6.40. The summed E-state index contributed by atoms with van der Waals surface area (Å²) in [6, 6.07) is 10.1. The van der Waals surface area contributed by atoms with Crippen LogP contribution in [-0.2, 0) is 9.53 Å². The largest absolute Gasteiger partial charge is 0.496 e. The molecule has 0 N–H and O–H groups in total. The van der Waals surface area contributed by atoms with Gasteiger partial charge in [-0.15, -0.1) is 0 Å². The number of esters is 1. The van der Waals surface area contributed by atoms with Crippen LogP contribution >= 0.6 is 39.0 Å². The molecule has 0 unspecified atom stereocenters. The highest BCUT2D eigenvalue weighted by Crippen LogP contribution is 2.37. The van der Waals surface area contributed by atoms with Crippen LogP contribution in [0.3, 0.4) is 0 Å². The van der Waals surface area contributed by atoms with Crippen molar-refractivity contribution >= 4 is 51.1 Å². The minimum Gasteiger partial charge on any atom is -0.496 e. The highest BCUT2D eigenvalue weighted by atomic mass is 79.9. The molecule has 1 aromatic carbocycles. The van der Waals surface area contributed by atoms with Gasteiger partial charge in [-0.1, -0.05) is 27.3 Å². The van der Waals surface area contributed by atoms with Crippen LogP contribution < -0.4 is 19.6 Å². The summed E-state index contributed by atoms with van der Waals surface area (Å²) in [5.74, 6) is 0.481. The Morgan fingerprint density at radius 1 is 1.23 bits per heavy atom. The maximum Gasteiger partial charge on any atom is 0.338 e. The lowest BCUT2D eigenvalue weighted by Crippen LogP contribution is -2.40. The van der Waals surface area contributed by atoms with Gasteiger partial charge in [-0.05, 0) is 75.9 Å². The molecule has 3 aromatic heterocycles. The van der Waals surface area contributed by atoms with E-state index in [1.807, 2.05) is 25.1 Å². The zero-order valence-corrected chi connectivity index (χ0v) is 25.5. The first-order valence-electron chi connectivity index (χ1n) is 12.3. The lowest BCUT2D eigenvalue weighted by atomic mass is 9.95. The minimum atomic E-state index is -0.807. The van der Waals surface area contributed by atoms with Gasteiger partial charge in [0.2, 0.25) is 0 Å². The predicted octanol–water partition coefficient (Wildman–Crippen LogP) is 4.80. The number of aryl methyl sites for hydroxylation is 1. The number of hydrogen-bond donors (Lipinski definition) is 0. The topological polar surface area (TPSA) is 109 Å². The number of furan rings is 1. The summed E-state index contributed by atoms with van der Waals surface area (Å²) in [5.41, 5.74) is 1.92. The Morgan fingerprint density at radius 3 is 2.75 bits per heavy atom. The Bertz CT molecular complexity index is 1820. The van der Waals surface area contributed by atoms with Crippen molar-refractivity contribution in [2.24, 2.45) is 4.99 Å². The number of fused-ring (bicyclic) bond motifs is 1. The van der Waals surface area contributed by atoms with Gasteiger partial charge < -0.3 is 13.9 Å². The molecule has 0 aliphatic carbocycles. The van der Waals surface area contributed by atoms with E-state index in [9.17, 15) is 9.59 Å². The summed E-state index contributed by atoms with van der Waals surface area (Å²) < 4.78 is 19.9. The van der Waals surface area contributed by atoms with Crippen LogP contribution in [0.25, 0.3) is 6.08 Å². The zero-order valence-electron chi connectivity index (χ0n) is 22.3. The van der Waals surface area contributed by atoms with E-state index >= 15 is 0 Å². The molecule has 0 bridgehead atoms. The summed E-state index contributed by atoms with van der Waals surface area (Å²) in [4.78, 5) is 41.0. The quantitative estimate of drug-likeness (QED) is 0.209. The number of methoxy groups -OCH3 is 1. The molecule has 0 fully saturated rings. The number of nitrogens with zero attached hydrogens (tertiary/aromatic N) is 4. The van der Waals surface area contributed by atoms with E-state index in [0.29, 0.717) is 42.4 Å². The number of aromatic nitrogens is 3. The van der Waals surface area contributed by atoms with Crippen LogP contribution in [0, 0.1) is 6.92 Å². The van der Waals surface area contributed by atoms with Crippen molar-refractivity contribution in [3.63, 3.8) is 0 Å². The molecule has 5 rings (SSSR count). The molecule has 12 heteroatoms. The highest BCUT2D eigenvalue weighted by molar-refractivity contribution is 9.10. The first kappa shape index (κ1) is 28.1. The number of halogens is 1. The molecule has 0 amide bonds. The molecule has 1 aliphatic heterocycles. The van der Waals surface area contributed by atoms with Gasteiger partial charge >= 0.3 is 5.97 Å². The van der Waals surface area contributed by atoms with Gasteiger partial charge in [0.25, 0.3) is 5.56 Å². The third kappa shape index (κ3) is 5.70. The van der Waals surface area contributed by atoms with Crippen LogP contribution in [0.5, 0.6) is 5.75 Å². The molecule has 1 aliphatic rings. The number of ether oxygens (including phenoxy) is 2. The number of carbonyl (C=O) groups excluding carboxylic acids is 1. The first-order valence-corrected chi connectivity index (χ1v) is 14.7. The van der Waals surface area contributed by atoms with Crippen molar-refractivity contribution in [3.05, 3.63) is 95.0 Å². The van der Waals surface area contributed by atoms with Gasteiger partial charge in [0, 0.05) is 28.0 Å². The fourth-order valence-electron chi connectivity index (χ4n) is 4.23. The molecule has 0 saturated heterocycles. The van der Waals surface area contributed by atoms with E-state index < -0.39 is 12.0 Å². The normalized spacial score (nSPS) is 15.3. The monoisotopic (exact) mass is 640 g/mol. The van der Waals surface area contributed by atoms with Crippen LogP contribution in [0.4, 0.5) is 0 Å². The molecule has 4 heterocycles. The summed E-state index contributed by atoms with van der Waals surface area (Å²) in [7, 11) is 1.55. The number of hydrogen-bond acceptors (Lipinski definition) is 10. The average Bonchev–Trinajstić information content (AvgIpc) is 3.46. The van der Waals surface area contributed by atoms with Gasteiger partial charge in [0.1, 0.15) is 17.6 Å². The van der Waals surface area contributed by atoms with Crippen molar-refractivity contribution in [2.75, 3.05) is 7.11 Å². The van der Waals surface area contributed by atoms with E-state index in [1.54, 1.807) is 58.4 Å². The van der Waals surface area contributed by atoms with E-state index in [-0.39, 0.29) is 17.2 Å². The molecule has 0 spiro atoms. The molecular formula is C28H25BrN4O5S2.